The summed E-state index contributed by atoms with van der Waals surface area (Å²) in [5.74, 6) is -0.740. The van der Waals surface area contributed by atoms with Gasteiger partial charge < -0.3 is 10.1 Å². The number of hydrogen-bond donors (Lipinski definition) is 1. The van der Waals surface area contributed by atoms with Crippen molar-refractivity contribution in [2.45, 2.75) is 26.8 Å². The SMILES string of the molecule is COC(=O)C(NC(=O)c1cc2c(C)nn(C)c2s1)C(C)C. The van der Waals surface area contributed by atoms with Crippen molar-refractivity contribution in [1.82, 2.24) is 15.1 Å². The summed E-state index contributed by atoms with van der Waals surface area (Å²) in [5, 5.41) is 8.01. The molecule has 1 N–H and O–H groups in total. The Bertz CT molecular complexity index is 652. The molecule has 1 amide bonds. The normalized spacial score (nSPS) is 12.7. The molecule has 7 heteroatoms. The lowest BCUT2D eigenvalue weighted by Crippen LogP contribution is -2.44. The molecule has 0 bridgehead atoms. The largest absolute Gasteiger partial charge is 0.467 e. The van der Waals surface area contributed by atoms with E-state index in [0.717, 1.165) is 15.9 Å². The lowest BCUT2D eigenvalue weighted by molar-refractivity contribution is -0.144. The number of carbonyl (C=O) groups excluding carboxylic acids is 2. The van der Waals surface area contributed by atoms with Crippen LogP contribution in [0.1, 0.15) is 29.2 Å². The summed E-state index contributed by atoms with van der Waals surface area (Å²) in [5.41, 5.74) is 0.885. The zero-order valence-corrected chi connectivity index (χ0v) is 13.6. The molecule has 0 aliphatic rings. The van der Waals surface area contributed by atoms with E-state index in [-0.39, 0.29) is 11.8 Å². The van der Waals surface area contributed by atoms with Gasteiger partial charge in [0.05, 0.1) is 17.7 Å². The minimum absolute atomic E-state index is 0.0424. The minimum atomic E-state index is -0.646. The van der Waals surface area contributed by atoms with E-state index in [4.69, 9.17) is 4.74 Å². The average Bonchev–Trinajstić information content (AvgIpc) is 2.97. The topological polar surface area (TPSA) is 73.2 Å². The monoisotopic (exact) mass is 309 g/mol. The van der Waals surface area contributed by atoms with Crippen LogP contribution in [0.5, 0.6) is 0 Å². The number of nitrogens with zero attached hydrogens (tertiary/aromatic N) is 2. The second-order valence-electron chi connectivity index (χ2n) is 5.26. The highest BCUT2D eigenvalue weighted by Gasteiger charge is 2.26. The molecule has 0 aliphatic heterocycles. The quantitative estimate of drug-likeness (QED) is 0.875. The number of carbonyl (C=O) groups is 2. The number of aromatic nitrogens is 2. The molecule has 0 radical (unpaired) electrons. The number of amides is 1. The van der Waals surface area contributed by atoms with E-state index >= 15 is 0 Å². The lowest BCUT2D eigenvalue weighted by Gasteiger charge is -2.19. The highest BCUT2D eigenvalue weighted by atomic mass is 32.1. The molecule has 2 aromatic rings. The van der Waals surface area contributed by atoms with E-state index in [1.165, 1.54) is 18.4 Å². The number of fused-ring (bicyclic) bond motifs is 1. The summed E-state index contributed by atoms with van der Waals surface area (Å²) >= 11 is 1.36. The highest BCUT2D eigenvalue weighted by molar-refractivity contribution is 7.20. The summed E-state index contributed by atoms with van der Waals surface area (Å²) < 4.78 is 6.48. The maximum Gasteiger partial charge on any atom is 0.328 e. The predicted octanol–water partition coefficient (Wildman–Crippen LogP) is 1.87. The van der Waals surface area contributed by atoms with Crippen molar-refractivity contribution >= 4 is 33.4 Å². The van der Waals surface area contributed by atoms with Crippen LogP contribution in [0.25, 0.3) is 10.2 Å². The number of thiophene rings is 1. The van der Waals surface area contributed by atoms with Gasteiger partial charge in [0.1, 0.15) is 10.9 Å². The average molecular weight is 309 g/mol. The molecule has 0 fully saturated rings. The van der Waals surface area contributed by atoms with Gasteiger partial charge >= 0.3 is 5.97 Å². The molecular formula is C14H19N3O3S. The molecule has 21 heavy (non-hydrogen) atoms. The molecule has 2 heterocycles. The molecule has 114 valence electrons. The predicted molar refractivity (Wildman–Crippen MR) is 81.4 cm³/mol. The van der Waals surface area contributed by atoms with Crippen LogP contribution in [0, 0.1) is 12.8 Å². The van der Waals surface area contributed by atoms with Gasteiger partial charge in [-0.3, -0.25) is 9.48 Å². The van der Waals surface area contributed by atoms with Crippen LogP contribution in [-0.2, 0) is 16.6 Å². The molecule has 0 saturated heterocycles. The Hall–Kier alpha value is -1.89. The van der Waals surface area contributed by atoms with Crippen LogP contribution in [0.15, 0.2) is 6.07 Å². The van der Waals surface area contributed by atoms with E-state index in [2.05, 4.69) is 10.4 Å². The zero-order chi connectivity index (χ0) is 15.7. The van der Waals surface area contributed by atoms with Crippen molar-refractivity contribution < 1.29 is 14.3 Å². The summed E-state index contributed by atoms with van der Waals surface area (Å²) in [6.45, 7) is 5.63. The third-order valence-corrected chi connectivity index (χ3v) is 4.53. The summed E-state index contributed by atoms with van der Waals surface area (Å²) in [4.78, 5) is 25.5. The summed E-state index contributed by atoms with van der Waals surface area (Å²) in [6, 6.07) is 1.17. The van der Waals surface area contributed by atoms with Gasteiger partial charge in [0, 0.05) is 12.4 Å². The van der Waals surface area contributed by atoms with Crippen molar-refractivity contribution in [3.63, 3.8) is 0 Å². The van der Waals surface area contributed by atoms with Gasteiger partial charge in [-0.15, -0.1) is 11.3 Å². The fourth-order valence-corrected chi connectivity index (χ4v) is 3.18. The zero-order valence-electron chi connectivity index (χ0n) is 12.8. The maximum atomic E-state index is 12.3. The van der Waals surface area contributed by atoms with E-state index in [0.29, 0.717) is 4.88 Å². The van der Waals surface area contributed by atoms with Crippen molar-refractivity contribution in [1.29, 1.82) is 0 Å². The first-order valence-corrected chi connectivity index (χ1v) is 7.48. The van der Waals surface area contributed by atoms with Crippen LogP contribution in [0.4, 0.5) is 0 Å². The van der Waals surface area contributed by atoms with Crippen LogP contribution in [-0.4, -0.2) is 34.8 Å². The van der Waals surface area contributed by atoms with Crippen LogP contribution >= 0.6 is 11.3 Å². The second-order valence-corrected chi connectivity index (χ2v) is 6.29. The van der Waals surface area contributed by atoms with E-state index in [1.54, 1.807) is 4.68 Å². The Morgan fingerprint density at radius 2 is 2.10 bits per heavy atom. The summed E-state index contributed by atoms with van der Waals surface area (Å²) in [7, 11) is 3.16. The number of hydrogen-bond acceptors (Lipinski definition) is 5. The lowest BCUT2D eigenvalue weighted by atomic mass is 10.0. The smallest absolute Gasteiger partial charge is 0.328 e. The van der Waals surface area contributed by atoms with Gasteiger partial charge in [-0.25, -0.2) is 4.79 Å². The van der Waals surface area contributed by atoms with Crippen molar-refractivity contribution in [3.05, 3.63) is 16.6 Å². The Kier molecular flexibility index (Phi) is 4.32. The number of nitrogens with one attached hydrogen (secondary N) is 1. The molecule has 0 spiro atoms. The standard InChI is InChI=1S/C14H19N3O3S/c1-7(2)11(14(19)20-5)15-12(18)10-6-9-8(3)16-17(4)13(9)21-10/h6-7,11H,1-5H3,(H,15,18). The first kappa shape index (κ1) is 15.5. The molecule has 0 aliphatic carbocycles. The second kappa shape index (κ2) is 5.85. The molecule has 2 rings (SSSR count). The van der Waals surface area contributed by atoms with Crippen LogP contribution in [0.3, 0.4) is 0 Å². The number of esters is 1. The molecule has 2 aromatic heterocycles. The fourth-order valence-electron chi connectivity index (χ4n) is 2.15. The molecule has 1 atom stereocenters. The number of methoxy groups -OCH3 is 1. The third kappa shape index (κ3) is 2.92. The van der Waals surface area contributed by atoms with Gasteiger partial charge in [0.25, 0.3) is 5.91 Å². The van der Waals surface area contributed by atoms with Crippen molar-refractivity contribution in [3.8, 4) is 0 Å². The Balaban J connectivity index is 2.25. The van der Waals surface area contributed by atoms with Crippen LogP contribution in [0.2, 0.25) is 0 Å². The molecular weight excluding hydrogens is 290 g/mol. The third-order valence-electron chi connectivity index (χ3n) is 3.33. The maximum absolute atomic E-state index is 12.3. The van der Waals surface area contributed by atoms with Crippen molar-refractivity contribution in [2.75, 3.05) is 7.11 Å². The fraction of sp³-hybridized carbons (Fsp3) is 0.500. The van der Waals surface area contributed by atoms with E-state index in [9.17, 15) is 9.59 Å². The van der Waals surface area contributed by atoms with Gasteiger partial charge in [0.2, 0.25) is 0 Å². The molecule has 6 nitrogen and oxygen atoms in total. The Labute approximate surface area is 127 Å². The molecule has 1 unspecified atom stereocenters. The van der Waals surface area contributed by atoms with Crippen molar-refractivity contribution in [2.24, 2.45) is 13.0 Å². The van der Waals surface area contributed by atoms with E-state index < -0.39 is 12.0 Å². The molecule has 0 saturated carbocycles. The van der Waals surface area contributed by atoms with E-state index in [1.807, 2.05) is 33.9 Å². The Morgan fingerprint density at radius 3 is 2.62 bits per heavy atom. The molecule has 0 aromatic carbocycles. The number of rotatable bonds is 4. The van der Waals surface area contributed by atoms with Gasteiger partial charge in [-0.2, -0.15) is 5.10 Å². The van der Waals surface area contributed by atoms with Crippen LogP contribution < -0.4 is 5.32 Å². The minimum Gasteiger partial charge on any atom is -0.467 e. The summed E-state index contributed by atoms with van der Waals surface area (Å²) in [6.07, 6.45) is 0. The highest BCUT2D eigenvalue weighted by Crippen LogP contribution is 2.27. The Morgan fingerprint density at radius 1 is 1.43 bits per heavy atom. The van der Waals surface area contributed by atoms with Gasteiger partial charge in [0.15, 0.2) is 0 Å². The van der Waals surface area contributed by atoms with Gasteiger partial charge in [-0.05, 0) is 18.9 Å². The number of aryl methyl sites for hydroxylation is 2. The first-order valence-electron chi connectivity index (χ1n) is 6.67. The van der Waals surface area contributed by atoms with Gasteiger partial charge in [-0.1, -0.05) is 13.8 Å². The number of ether oxygens (including phenoxy) is 1. The first-order chi connectivity index (χ1) is 9.85.